The molecule has 0 amide bonds. The van der Waals surface area contributed by atoms with Gasteiger partial charge in [-0.1, -0.05) is 6.58 Å². The summed E-state index contributed by atoms with van der Waals surface area (Å²) in [6, 6.07) is 0. The predicted octanol–water partition coefficient (Wildman–Crippen LogP) is 5.56. The molecule has 3 atom stereocenters. The van der Waals surface area contributed by atoms with Crippen molar-refractivity contribution in [2.45, 2.75) is 89.1 Å². The van der Waals surface area contributed by atoms with Gasteiger partial charge in [0.1, 0.15) is 18.4 Å². The number of carbonyl (C=O) groups excluding carboxylic acids is 1. The van der Waals surface area contributed by atoms with Gasteiger partial charge in [0, 0.05) is 6.08 Å². The third-order valence-corrected chi connectivity index (χ3v) is 7.05. The molecule has 25 heavy (non-hydrogen) atoms. The Morgan fingerprint density at radius 2 is 1.24 bits per heavy atom. The van der Waals surface area contributed by atoms with Crippen molar-refractivity contribution in [2.24, 2.45) is 23.7 Å². The molecular formula is C21H32F2O2. The number of hydrogen-bond donors (Lipinski definition) is 0. The number of hydrogen-bond acceptors (Lipinski definition) is 2. The first kappa shape index (κ1) is 18.8. The molecule has 0 aromatic carbocycles. The summed E-state index contributed by atoms with van der Waals surface area (Å²) in [5, 5.41) is 0. The molecule has 0 N–H and O–H groups in total. The Kier molecular flexibility index (Phi) is 6.51. The molecule has 0 aromatic heterocycles. The molecule has 0 bridgehead atoms. The van der Waals surface area contributed by atoms with Crippen LogP contribution in [0, 0.1) is 23.7 Å². The summed E-state index contributed by atoms with van der Waals surface area (Å²) in [6.07, 6.45) is 9.64. The highest BCUT2D eigenvalue weighted by Crippen LogP contribution is 2.45. The van der Waals surface area contributed by atoms with Gasteiger partial charge in [-0.05, 0) is 94.3 Å². The molecule has 0 saturated heterocycles. The van der Waals surface area contributed by atoms with Crippen LogP contribution in [0.25, 0.3) is 0 Å². The summed E-state index contributed by atoms with van der Waals surface area (Å²) in [4.78, 5) is 11.3. The zero-order valence-corrected chi connectivity index (χ0v) is 15.2. The monoisotopic (exact) mass is 354 g/mol. The van der Waals surface area contributed by atoms with Crippen molar-refractivity contribution in [1.29, 1.82) is 0 Å². The van der Waals surface area contributed by atoms with Crippen LogP contribution in [0.3, 0.4) is 0 Å². The van der Waals surface area contributed by atoms with Crippen LogP contribution in [0.2, 0.25) is 0 Å². The summed E-state index contributed by atoms with van der Waals surface area (Å²) in [5.74, 6) is 2.21. The quantitative estimate of drug-likeness (QED) is 0.488. The minimum Gasteiger partial charge on any atom is -0.459 e. The van der Waals surface area contributed by atoms with Crippen molar-refractivity contribution in [3.8, 4) is 0 Å². The third-order valence-electron chi connectivity index (χ3n) is 7.05. The molecule has 3 aliphatic carbocycles. The first-order valence-corrected chi connectivity index (χ1v) is 10.2. The molecule has 142 valence electrons. The van der Waals surface area contributed by atoms with E-state index in [-0.39, 0.29) is 12.1 Å². The number of rotatable bonds is 4. The van der Waals surface area contributed by atoms with E-state index in [0.717, 1.165) is 43.9 Å². The van der Waals surface area contributed by atoms with Crippen molar-refractivity contribution in [1.82, 2.24) is 0 Å². The summed E-state index contributed by atoms with van der Waals surface area (Å²) < 4.78 is 32.4. The van der Waals surface area contributed by atoms with E-state index in [1.807, 2.05) is 0 Å². The molecule has 3 unspecified atom stereocenters. The highest BCUT2D eigenvalue weighted by Gasteiger charge is 2.38. The van der Waals surface area contributed by atoms with E-state index in [1.54, 1.807) is 0 Å². The van der Waals surface area contributed by atoms with Gasteiger partial charge >= 0.3 is 5.97 Å². The van der Waals surface area contributed by atoms with Gasteiger partial charge in [0.25, 0.3) is 0 Å². The molecule has 4 heteroatoms. The molecule has 0 heterocycles. The summed E-state index contributed by atoms with van der Waals surface area (Å²) in [7, 11) is 0. The lowest BCUT2D eigenvalue weighted by molar-refractivity contribution is -0.145. The van der Waals surface area contributed by atoms with Gasteiger partial charge in [0.2, 0.25) is 0 Å². The average molecular weight is 354 g/mol. The first-order chi connectivity index (χ1) is 12.1. The maximum atomic E-state index is 13.7. The van der Waals surface area contributed by atoms with Crippen LogP contribution in [-0.4, -0.2) is 24.4 Å². The highest BCUT2D eigenvalue weighted by atomic mass is 19.2. The van der Waals surface area contributed by atoms with E-state index in [9.17, 15) is 13.6 Å². The lowest BCUT2D eigenvalue weighted by Gasteiger charge is -2.41. The van der Waals surface area contributed by atoms with Crippen LogP contribution in [-0.2, 0) is 9.53 Å². The van der Waals surface area contributed by atoms with Crippen LogP contribution in [0.1, 0.15) is 70.6 Å². The Bertz CT molecular complexity index is 451. The standard InChI is InChI=1S/C21H32F2O2/c1-2-21(24)25-18-10-7-15(8-11-18)14-3-5-16(6-4-14)17-9-12-19(22)20(23)13-17/h2,14-20H,1,3-13H2. The fraction of sp³-hybridized carbons (Fsp3) is 0.857. The second-order valence-electron chi connectivity index (χ2n) is 8.46. The summed E-state index contributed by atoms with van der Waals surface area (Å²) >= 11 is 0. The van der Waals surface area contributed by atoms with E-state index in [4.69, 9.17) is 4.74 Å². The molecule has 0 aromatic rings. The van der Waals surface area contributed by atoms with Crippen molar-refractivity contribution >= 4 is 5.97 Å². The maximum absolute atomic E-state index is 13.7. The molecule has 0 aliphatic heterocycles. The highest BCUT2D eigenvalue weighted by molar-refractivity contribution is 5.81. The van der Waals surface area contributed by atoms with Crippen LogP contribution >= 0.6 is 0 Å². The van der Waals surface area contributed by atoms with E-state index < -0.39 is 12.3 Å². The molecule has 3 aliphatic rings. The predicted molar refractivity (Wildman–Crippen MR) is 94.6 cm³/mol. The second kappa shape index (κ2) is 8.64. The molecule has 0 spiro atoms. The van der Waals surface area contributed by atoms with Crippen LogP contribution in [0.4, 0.5) is 8.78 Å². The zero-order chi connectivity index (χ0) is 17.8. The van der Waals surface area contributed by atoms with Crippen LogP contribution < -0.4 is 0 Å². The third kappa shape index (κ3) is 4.83. The van der Waals surface area contributed by atoms with Crippen molar-refractivity contribution in [3.05, 3.63) is 12.7 Å². The zero-order valence-electron chi connectivity index (χ0n) is 15.2. The van der Waals surface area contributed by atoms with Gasteiger partial charge in [0.05, 0.1) is 0 Å². The normalized spacial score (nSPS) is 42.6. The summed E-state index contributed by atoms with van der Waals surface area (Å²) in [6.45, 7) is 3.45. The smallest absolute Gasteiger partial charge is 0.330 e. The number of carbonyl (C=O) groups is 1. The molecule has 2 nitrogen and oxygen atoms in total. The molecule has 3 fully saturated rings. The number of halogens is 2. The van der Waals surface area contributed by atoms with E-state index in [0.29, 0.717) is 24.7 Å². The van der Waals surface area contributed by atoms with Gasteiger partial charge in [0.15, 0.2) is 0 Å². The van der Waals surface area contributed by atoms with Crippen molar-refractivity contribution < 1.29 is 18.3 Å². The Morgan fingerprint density at radius 1 is 0.760 bits per heavy atom. The van der Waals surface area contributed by atoms with Crippen LogP contribution in [0.5, 0.6) is 0 Å². The van der Waals surface area contributed by atoms with Gasteiger partial charge in [-0.3, -0.25) is 0 Å². The SMILES string of the molecule is C=CC(=O)OC1CCC(C2CCC(C3CCC(F)C(F)C3)CC2)CC1. The number of alkyl halides is 2. The fourth-order valence-electron chi connectivity index (χ4n) is 5.52. The lowest BCUT2D eigenvalue weighted by Crippen LogP contribution is -2.34. The molecule has 3 saturated carbocycles. The Labute approximate surface area is 150 Å². The lowest BCUT2D eigenvalue weighted by atomic mass is 9.66. The number of ether oxygens (including phenoxy) is 1. The minimum absolute atomic E-state index is 0.0652. The van der Waals surface area contributed by atoms with E-state index in [2.05, 4.69) is 6.58 Å². The summed E-state index contributed by atoms with van der Waals surface area (Å²) in [5.41, 5.74) is 0. The van der Waals surface area contributed by atoms with E-state index in [1.165, 1.54) is 31.8 Å². The second-order valence-corrected chi connectivity index (χ2v) is 8.46. The van der Waals surface area contributed by atoms with Gasteiger partial charge in [-0.2, -0.15) is 0 Å². The van der Waals surface area contributed by atoms with Gasteiger partial charge < -0.3 is 4.74 Å². The Morgan fingerprint density at radius 3 is 1.76 bits per heavy atom. The minimum atomic E-state index is -1.23. The maximum Gasteiger partial charge on any atom is 0.330 e. The topological polar surface area (TPSA) is 26.3 Å². The Hall–Kier alpha value is -0.930. The fourth-order valence-corrected chi connectivity index (χ4v) is 5.52. The Balaban J connectivity index is 1.40. The molecular weight excluding hydrogens is 322 g/mol. The first-order valence-electron chi connectivity index (χ1n) is 10.2. The largest absolute Gasteiger partial charge is 0.459 e. The average Bonchev–Trinajstić information content (AvgIpc) is 2.65. The van der Waals surface area contributed by atoms with Gasteiger partial charge in [-0.15, -0.1) is 0 Å². The molecule has 0 radical (unpaired) electrons. The van der Waals surface area contributed by atoms with Crippen molar-refractivity contribution in [3.63, 3.8) is 0 Å². The number of esters is 1. The van der Waals surface area contributed by atoms with Gasteiger partial charge in [-0.25, -0.2) is 13.6 Å². The van der Waals surface area contributed by atoms with Crippen molar-refractivity contribution in [2.75, 3.05) is 0 Å². The van der Waals surface area contributed by atoms with E-state index >= 15 is 0 Å². The molecule has 3 rings (SSSR count). The van der Waals surface area contributed by atoms with Crippen LogP contribution in [0.15, 0.2) is 12.7 Å².